The van der Waals surface area contributed by atoms with Crippen LogP contribution in [-0.4, -0.2) is 19.6 Å². The smallest absolute Gasteiger partial charge is 0.191 e. The van der Waals surface area contributed by atoms with Crippen molar-refractivity contribution < 1.29 is 0 Å². The molecule has 108 valence electrons. The Kier molecular flexibility index (Phi) is 7.20. The summed E-state index contributed by atoms with van der Waals surface area (Å²) >= 11 is 0. The summed E-state index contributed by atoms with van der Waals surface area (Å²) in [5, 5.41) is 15.5. The van der Waals surface area contributed by atoms with E-state index < -0.39 is 0 Å². The summed E-state index contributed by atoms with van der Waals surface area (Å²) in [5.74, 6) is 1.48. The first-order valence-electron chi connectivity index (χ1n) is 7.17. The summed E-state index contributed by atoms with van der Waals surface area (Å²) in [7, 11) is 1.77. The fraction of sp³-hybridized carbons (Fsp3) is 0.500. The van der Waals surface area contributed by atoms with Crippen LogP contribution >= 0.6 is 0 Å². The summed E-state index contributed by atoms with van der Waals surface area (Å²) in [6.45, 7) is 6.02. The molecule has 2 N–H and O–H groups in total. The first kappa shape index (κ1) is 16.0. The normalized spacial score (nSPS) is 11.2. The number of nitrogens with zero attached hydrogens (tertiary/aromatic N) is 2. The van der Waals surface area contributed by atoms with Crippen LogP contribution in [0.25, 0.3) is 0 Å². The van der Waals surface area contributed by atoms with Crippen molar-refractivity contribution in [1.82, 2.24) is 10.6 Å². The third kappa shape index (κ3) is 5.31. The molecule has 0 heterocycles. The lowest BCUT2D eigenvalue weighted by atomic mass is 10.0. The second-order valence-electron chi connectivity index (χ2n) is 4.80. The standard InChI is InChI=1S/C16H24N4/c1-4-13(5-2)11-19-16(18-3)20-12-15-8-6-7-14(9-15)10-17/h6-9,13H,4-5,11-12H2,1-3H3,(H2,18,19,20). The Bertz CT molecular complexity index is 470. The highest BCUT2D eigenvalue weighted by atomic mass is 15.2. The third-order valence-electron chi connectivity index (χ3n) is 3.45. The second-order valence-corrected chi connectivity index (χ2v) is 4.80. The van der Waals surface area contributed by atoms with E-state index in [1.54, 1.807) is 7.05 Å². The Hall–Kier alpha value is -2.02. The van der Waals surface area contributed by atoms with Crippen molar-refractivity contribution in [3.8, 4) is 6.07 Å². The van der Waals surface area contributed by atoms with Gasteiger partial charge in [-0.1, -0.05) is 38.8 Å². The number of rotatable bonds is 6. The van der Waals surface area contributed by atoms with Gasteiger partial charge in [0.1, 0.15) is 0 Å². The molecule has 0 aliphatic rings. The highest BCUT2D eigenvalue weighted by Gasteiger charge is 2.05. The average molecular weight is 272 g/mol. The van der Waals surface area contributed by atoms with Crippen molar-refractivity contribution in [3.63, 3.8) is 0 Å². The van der Waals surface area contributed by atoms with Gasteiger partial charge >= 0.3 is 0 Å². The zero-order valence-corrected chi connectivity index (χ0v) is 12.6. The lowest BCUT2D eigenvalue weighted by Gasteiger charge is -2.16. The minimum absolute atomic E-state index is 0.665. The molecule has 0 fully saturated rings. The highest BCUT2D eigenvalue weighted by Crippen LogP contribution is 2.05. The van der Waals surface area contributed by atoms with Crippen molar-refractivity contribution in [2.45, 2.75) is 33.2 Å². The molecule has 0 aliphatic carbocycles. The van der Waals surface area contributed by atoms with Crippen LogP contribution in [0.3, 0.4) is 0 Å². The Morgan fingerprint density at radius 2 is 2.05 bits per heavy atom. The van der Waals surface area contributed by atoms with Gasteiger partial charge in [-0.05, 0) is 23.6 Å². The maximum Gasteiger partial charge on any atom is 0.191 e. The zero-order valence-electron chi connectivity index (χ0n) is 12.6. The van der Waals surface area contributed by atoms with Crippen LogP contribution in [-0.2, 0) is 6.54 Å². The fourth-order valence-corrected chi connectivity index (χ4v) is 1.98. The van der Waals surface area contributed by atoms with Crippen LogP contribution in [0.1, 0.15) is 37.8 Å². The van der Waals surface area contributed by atoms with Gasteiger partial charge in [0.25, 0.3) is 0 Å². The largest absolute Gasteiger partial charge is 0.356 e. The van der Waals surface area contributed by atoms with Gasteiger partial charge in [0.2, 0.25) is 0 Å². The van der Waals surface area contributed by atoms with Crippen LogP contribution in [0.2, 0.25) is 0 Å². The molecule has 1 aromatic carbocycles. The number of benzene rings is 1. The predicted octanol–water partition coefficient (Wildman–Crippen LogP) is 2.66. The second kappa shape index (κ2) is 8.98. The van der Waals surface area contributed by atoms with E-state index in [9.17, 15) is 0 Å². The van der Waals surface area contributed by atoms with E-state index in [4.69, 9.17) is 5.26 Å². The molecule has 0 saturated carbocycles. The maximum atomic E-state index is 8.88. The van der Waals surface area contributed by atoms with Crippen molar-refractivity contribution in [2.75, 3.05) is 13.6 Å². The van der Waals surface area contributed by atoms with Gasteiger partial charge in [0.05, 0.1) is 11.6 Å². The molecular weight excluding hydrogens is 248 g/mol. The topological polar surface area (TPSA) is 60.2 Å². The molecule has 1 aromatic rings. The summed E-state index contributed by atoms with van der Waals surface area (Å²) in [6.07, 6.45) is 2.34. The van der Waals surface area contributed by atoms with Crippen molar-refractivity contribution >= 4 is 5.96 Å². The van der Waals surface area contributed by atoms with Crippen molar-refractivity contribution in [1.29, 1.82) is 5.26 Å². The van der Waals surface area contributed by atoms with Gasteiger partial charge in [-0.3, -0.25) is 4.99 Å². The highest BCUT2D eigenvalue weighted by molar-refractivity contribution is 5.79. The molecule has 0 radical (unpaired) electrons. The monoisotopic (exact) mass is 272 g/mol. The van der Waals surface area contributed by atoms with Crippen LogP contribution in [0.15, 0.2) is 29.3 Å². The molecule has 0 amide bonds. The van der Waals surface area contributed by atoms with Crippen LogP contribution in [0.4, 0.5) is 0 Å². The maximum absolute atomic E-state index is 8.88. The zero-order chi connectivity index (χ0) is 14.8. The SMILES string of the molecule is CCC(CC)CNC(=NC)NCc1cccc(C#N)c1. The van der Waals surface area contributed by atoms with E-state index in [0.29, 0.717) is 18.0 Å². The van der Waals surface area contributed by atoms with Crippen LogP contribution in [0.5, 0.6) is 0 Å². The molecule has 4 heteroatoms. The van der Waals surface area contributed by atoms with Gasteiger partial charge in [-0.15, -0.1) is 0 Å². The van der Waals surface area contributed by atoms with Gasteiger partial charge in [-0.2, -0.15) is 5.26 Å². The molecule has 0 saturated heterocycles. The molecule has 0 unspecified atom stereocenters. The number of aliphatic imine (C=N–C) groups is 1. The van der Waals surface area contributed by atoms with Gasteiger partial charge in [0, 0.05) is 20.1 Å². The average Bonchev–Trinajstić information content (AvgIpc) is 2.51. The lowest BCUT2D eigenvalue weighted by Crippen LogP contribution is -2.39. The minimum Gasteiger partial charge on any atom is -0.356 e. The summed E-state index contributed by atoms with van der Waals surface area (Å²) < 4.78 is 0. The number of guanidine groups is 1. The van der Waals surface area contributed by atoms with E-state index in [1.807, 2.05) is 24.3 Å². The first-order chi connectivity index (χ1) is 9.73. The van der Waals surface area contributed by atoms with E-state index >= 15 is 0 Å². The Morgan fingerprint density at radius 3 is 2.65 bits per heavy atom. The number of hydrogen-bond acceptors (Lipinski definition) is 2. The fourth-order valence-electron chi connectivity index (χ4n) is 1.98. The van der Waals surface area contributed by atoms with Crippen molar-refractivity contribution in [3.05, 3.63) is 35.4 Å². The molecule has 4 nitrogen and oxygen atoms in total. The Balaban J connectivity index is 2.47. The van der Waals surface area contributed by atoms with Crippen LogP contribution in [0, 0.1) is 17.2 Å². The van der Waals surface area contributed by atoms with E-state index in [2.05, 4.69) is 35.5 Å². The number of hydrogen-bond donors (Lipinski definition) is 2. The van der Waals surface area contributed by atoms with Crippen LogP contribution < -0.4 is 10.6 Å². The number of nitrogens with one attached hydrogen (secondary N) is 2. The Morgan fingerprint density at radius 1 is 1.30 bits per heavy atom. The van der Waals surface area contributed by atoms with Crippen molar-refractivity contribution in [2.24, 2.45) is 10.9 Å². The van der Waals surface area contributed by atoms with Gasteiger partial charge in [0.15, 0.2) is 5.96 Å². The molecular formula is C16H24N4. The molecule has 0 atom stereocenters. The van der Waals surface area contributed by atoms with Gasteiger partial charge in [-0.25, -0.2) is 0 Å². The molecule has 1 rings (SSSR count). The molecule has 0 spiro atoms. The molecule has 20 heavy (non-hydrogen) atoms. The van der Waals surface area contributed by atoms with E-state index in [1.165, 1.54) is 12.8 Å². The van der Waals surface area contributed by atoms with E-state index in [-0.39, 0.29) is 0 Å². The summed E-state index contributed by atoms with van der Waals surface area (Å²) in [6, 6.07) is 9.75. The first-order valence-corrected chi connectivity index (χ1v) is 7.17. The summed E-state index contributed by atoms with van der Waals surface area (Å²) in [4.78, 5) is 4.22. The lowest BCUT2D eigenvalue weighted by molar-refractivity contribution is 0.481. The predicted molar refractivity (Wildman–Crippen MR) is 83.4 cm³/mol. The summed E-state index contributed by atoms with van der Waals surface area (Å²) in [5.41, 5.74) is 1.76. The van der Waals surface area contributed by atoms with E-state index in [0.717, 1.165) is 18.1 Å². The molecule has 0 aromatic heterocycles. The minimum atomic E-state index is 0.665. The molecule has 0 aliphatic heterocycles. The third-order valence-corrected chi connectivity index (χ3v) is 3.45. The van der Waals surface area contributed by atoms with Gasteiger partial charge < -0.3 is 10.6 Å². The number of nitriles is 1. The quantitative estimate of drug-likeness (QED) is 0.618. The Labute approximate surface area is 121 Å². The molecule has 0 bridgehead atoms.